The summed E-state index contributed by atoms with van der Waals surface area (Å²) in [5.41, 5.74) is 1.14. The molecule has 0 heterocycles. The third kappa shape index (κ3) is 3.74. The highest BCUT2D eigenvalue weighted by Gasteiger charge is 2.60. The summed E-state index contributed by atoms with van der Waals surface area (Å²) in [5, 5.41) is 10.3. The van der Waals surface area contributed by atoms with E-state index < -0.39 is 0 Å². The van der Waals surface area contributed by atoms with Crippen LogP contribution in [0.2, 0.25) is 0 Å². The van der Waals surface area contributed by atoms with Crippen LogP contribution in [0.25, 0.3) is 0 Å². The monoisotopic (exact) mass is 402 g/mol. The largest absolute Gasteiger partial charge is 0.393 e. The molecule has 0 aromatic rings. The molecular formula is C28H50O. The number of hydrogen-bond acceptors (Lipinski definition) is 1. The van der Waals surface area contributed by atoms with E-state index in [1.165, 1.54) is 57.8 Å². The van der Waals surface area contributed by atoms with Crippen LogP contribution >= 0.6 is 0 Å². The van der Waals surface area contributed by atoms with Crippen molar-refractivity contribution < 1.29 is 5.11 Å². The minimum absolute atomic E-state index is 0.0107. The fraction of sp³-hybridized carbons (Fsp3) is 1.00. The molecule has 1 N–H and O–H groups in total. The third-order valence-corrected chi connectivity index (χ3v) is 11.6. The number of fused-ring (bicyclic) bond motifs is 5. The minimum atomic E-state index is -0.0107. The zero-order chi connectivity index (χ0) is 21.0. The first-order chi connectivity index (χ1) is 13.7. The van der Waals surface area contributed by atoms with Gasteiger partial charge in [-0.15, -0.1) is 0 Å². The number of rotatable bonds is 5. The van der Waals surface area contributed by atoms with Crippen molar-refractivity contribution in [3.8, 4) is 0 Å². The van der Waals surface area contributed by atoms with E-state index in [0.29, 0.717) is 10.8 Å². The Morgan fingerprint density at radius 2 is 1.48 bits per heavy atom. The van der Waals surface area contributed by atoms with Crippen LogP contribution in [-0.4, -0.2) is 11.2 Å². The predicted octanol–water partition coefficient (Wildman–Crippen LogP) is 7.71. The van der Waals surface area contributed by atoms with Gasteiger partial charge in [-0.3, -0.25) is 0 Å². The highest BCUT2D eigenvalue weighted by molar-refractivity contribution is 5.09. The molecular weight excluding hydrogens is 352 g/mol. The summed E-state index contributed by atoms with van der Waals surface area (Å²) in [6, 6.07) is 0. The van der Waals surface area contributed by atoms with Crippen molar-refractivity contribution in [3.05, 3.63) is 0 Å². The van der Waals surface area contributed by atoms with Gasteiger partial charge in [-0.05, 0) is 116 Å². The maximum absolute atomic E-state index is 10.3. The maximum Gasteiger partial charge on any atom is 0.0543 e. The van der Waals surface area contributed by atoms with Crippen LogP contribution in [0.1, 0.15) is 112 Å². The van der Waals surface area contributed by atoms with Crippen LogP contribution in [0.4, 0.5) is 0 Å². The van der Waals surface area contributed by atoms with Gasteiger partial charge in [0.1, 0.15) is 0 Å². The van der Waals surface area contributed by atoms with Crippen molar-refractivity contribution in [2.75, 3.05) is 0 Å². The molecule has 168 valence electrons. The van der Waals surface area contributed by atoms with Gasteiger partial charge in [0.05, 0.1) is 6.10 Å². The van der Waals surface area contributed by atoms with Crippen molar-refractivity contribution >= 4 is 0 Å². The molecule has 0 aromatic carbocycles. The van der Waals surface area contributed by atoms with Crippen molar-refractivity contribution in [3.63, 3.8) is 0 Å². The summed E-state index contributed by atoms with van der Waals surface area (Å²) >= 11 is 0. The molecule has 0 aliphatic heterocycles. The van der Waals surface area contributed by atoms with Crippen LogP contribution in [0.15, 0.2) is 0 Å². The second-order valence-electron chi connectivity index (χ2n) is 13.1. The minimum Gasteiger partial charge on any atom is -0.393 e. The Kier molecular flexibility index (Phi) is 6.22. The summed E-state index contributed by atoms with van der Waals surface area (Å²) in [4.78, 5) is 0. The van der Waals surface area contributed by atoms with Gasteiger partial charge in [0.2, 0.25) is 0 Å². The highest BCUT2D eigenvalue weighted by Crippen LogP contribution is 2.68. The molecule has 0 spiro atoms. The Morgan fingerprint density at radius 3 is 2.21 bits per heavy atom. The smallest absolute Gasteiger partial charge is 0.0543 e. The SMILES string of the molecule is CC(C)C(C)CC[C@@H](C)[C@H]1CC[C@H]2[C@@H]3CC[C@@H]4C[C@@H](O)CC[C@]4(C)[C@H]3CC[C@]12C. The van der Waals surface area contributed by atoms with Crippen LogP contribution < -0.4 is 0 Å². The molecule has 0 bridgehead atoms. The molecule has 4 saturated carbocycles. The van der Waals surface area contributed by atoms with E-state index in [2.05, 4.69) is 41.5 Å². The van der Waals surface area contributed by atoms with Gasteiger partial charge in [0.25, 0.3) is 0 Å². The van der Waals surface area contributed by atoms with Crippen LogP contribution in [0.3, 0.4) is 0 Å². The lowest BCUT2D eigenvalue weighted by Gasteiger charge is -2.61. The van der Waals surface area contributed by atoms with Gasteiger partial charge < -0.3 is 5.11 Å². The van der Waals surface area contributed by atoms with Gasteiger partial charge in [-0.2, -0.15) is 0 Å². The molecule has 0 saturated heterocycles. The molecule has 1 heteroatoms. The first kappa shape index (κ1) is 22.2. The second kappa shape index (κ2) is 8.14. The summed E-state index contributed by atoms with van der Waals surface area (Å²) in [6.07, 6.45) is 15.1. The Hall–Kier alpha value is -0.0400. The lowest BCUT2D eigenvalue weighted by Crippen LogP contribution is -2.54. The Balaban J connectivity index is 1.46. The Morgan fingerprint density at radius 1 is 0.793 bits per heavy atom. The van der Waals surface area contributed by atoms with Crippen LogP contribution in [0.5, 0.6) is 0 Å². The topological polar surface area (TPSA) is 20.2 Å². The molecule has 1 unspecified atom stereocenters. The van der Waals surface area contributed by atoms with E-state index in [1.54, 1.807) is 0 Å². The lowest BCUT2D eigenvalue weighted by molar-refractivity contribution is -0.129. The Labute approximate surface area is 181 Å². The van der Waals surface area contributed by atoms with Gasteiger partial charge in [0, 0.05) is 0 Å². The number of aliphatic hydroxyl groups is 1. The quantitative estimate of drug-likeness (QED) is 0.499. The Bertz CT molecular complexity index is 569. The molecule has 0 amide bonds. The predicted molar refractivity (Wildman–Crippen MR) is 124 cm³/mol. The van der Waals surface area contributed by atoms with Gasteiger partial charge >= 0.3 is 0 Å². The molecule has 29 heavy (non-hydrogen) atoms. The molecule has 10 atom stereocenters. The zero-order valence-corrected chi connectivity index (χ0v) is 20.4. The van der Waals surface area contributed by atoms with E-state index in [-0.39, 0.29) is 6.10 Å². The maximum atomic E-state index is 10.3. The second-order valence-corrected chi connectivity index (χ2v) is 13.1. The van der Waals surface area contributed by atoms with Gasteiger partial charge in [-0.25, -0.2) is 0 Å². The lowest BCUT2D eigenvalue weighted by atomic mass is 9.44. The molecule has 0 aromatic heterocycles. The summed E-state index contributed by atoms with van der Waals surface area (Å²) in [6.45, 7) is 15.2. The highest BCUT2D eigenvalue weighted by atomic mass is 16.3. The standard InChI is InChI=1S/C28H50O/c1-18(2)19(3)7-8-20(4)24-11-12-25-23-10-9-21-17-22(29)13-15-27(21,5)26(23)14-16-28(24,25)6/h18-26,29H,7-17H2,1-6H3/t19?,20-,21-,22+,23+,24-,25+,26+,27+,28-/m1/s1. The van der Waals surface area contributed by atoms with E-state index in [1.807, 2.05) is 0 Å². The molecule has 4 aliphatic carbocycles. The van der Waals surface area contributed by atoms with Gasteiger partial charge in [0.15, 0.2) is 0 Å². The van der Waals surface area contributed by atoms with Crippen LogP contribution in [-0.2, 0) is 0 Å². The third-order valence-electron chi connectivity index (χ3n) is 11.6. The fourth-order valence-electron chi connectivity index (χ4n) is 9.27. The van der Waals surface area contributed by atoms with E-state index >= 15 is 0 Å². The van der Waals surface area contributed by atoms with Crippen LogP contribution in [0, 0.1) is 58.2 Å². The molecule has 1 nitrogen and oxygen atoms in total. The average molecular weight is 403 g/mol. The zero-order valence-electron chi connectivity index (χ0n) is 20.4. The van der Waals surface area contributed by atoms with Crippen molar-refractivity contribution in [1.82, 2.24) is 0 Å². The van der Waals surface area contributed by atoms with Crippen molar-refractivity contribution in [2.45, 2.75) is 118 Å². The molecule has 4 rings (SSSR count). The normalized spacial score (nSPS) is 49.2. The molecule has 4 aliphatic rings. The summed E-state index contributed by atoms with van der Waals surface area (Å²) in [5.74, 6) is 7.28. The number of aliphatic hydroxyl groups excluding tert-OH is 1. The number of hydrogen-bond donors (Lipinski definition) is 1. The van der Waals surface area contributed by atoms with E-state index in [9.17, 15) is 5.11 Å². The molecule has 4 fully saturated rings. The fourth-order valence-corrected chi connectivity index (χ4v) is 9.27. The van der Waals surface area contributed by atoms with E-state index in [4.69, 9.17) is 0 Å². The average Bonchev–Trinajstić information content (AvgIpc) is 3.03. The van der Waals surface area contributed by atoms with Crippen molar-refractivity contribution in [1.29, 1.82) is 0 Å². The van der Waals surface area contributed by atoms with E-state index in [0.717, 1.165) is 60.2 Å². The van der Waals surface area contributed by atoms with Crippen molar-refractivity contribution in [2.24, 2.45) is 58.2 Å². The first-order valence-electron chi connectivity index (χ1n) is 13.3. The molecule has 0 radical (unpaired) electrons. The van der Waals surface area contributed by atoms with Gasteiger partial charge in [-0.1, -0.05) is 54.4 Å². The first-order valence-corrected chi connectivity index (χ1v) is 13.3. The summed E-state index contributed by atoms with van der Waals surface area (Å²) in [7, 11) is 0. The summed E-state index contributed by atoms with van der Waals surface area (Å²) < 4.78 is 0.